The molecule has 0 aliphatic carbocycles. The maximum atomic E-state index is 11.9. The van der Waals surface area contributed by atoms with Crippen molar-refractivity contribution in [3.05, 3.63) is 52.0 Å². The largest absolute Gasteiger partial charge is 0.417 e. The Balaban J connectivity index is 2.06. The maximum absolute atomic E-state index is 11.9. The van der Waals surface area contributed by atoms with Crippen molar-refractivity contribution in [2.24, 2.45) is 0 Å². The van der Waals surface area contributed by atoms with E-state index in [0.717, 1.165) is 10.5 Å². The molecule has 110 valence electrons. The molecule has 3 nitrogen and oxygen atoms in total. The highest BCUT2D eigenvalue weighted by Gasteiger charge is 2.09. The Bertz CT molecular complexity index is 677. The summed E-state index contributed by atoms with van der Waals surface area (Å²) >= 11 is 13.4. The maximum Gasteiger partial charge on any atom is 0.417 e. The van der Waals surface area contributed by atoms with Gasteiger partial charge in [0, 0.05) is 9.92 Å². The third-order valence-electron chi connectivity index (χ3n) is 2.74. The zero-order valence-corrected chi connectivity index (χ0v) is 13.8. The predicted molar refractivity (Wildman–Crippen MR) is 89.1 cm³/mol. The van der Waals surface area contributed by atoms with Crippen LogP contribution in [0, 0.1) is 6.92 Å². The number of carbonyl (C=O) groups excluding carboxylic acids is 1. The normalized spacial score (nSPS) is 10.3. The average molecular weight is 342 g/mol. The van der Waals surface area contributed by atoms with Crippen LogP contribution in [0.25, 0.3) is 0 Å². The van der Waals surface area contributed by atoms with E-state index in [0.29, 0.717) is 21.5 Å². The van der Waals surface area contributed by atoms with Crippen LogP contribution in [0.4, 0.5) is 10.5 Å². The number of amides is 1. The molecule has 0 radical (unpaired) electrons. The van der Waals surface area contributed by atoms with Crippen molar-refractivity contribution in [2.75, 3.05) is 11.6 Å². The van der Waals surface area contributed by atoms with Gasteiger partial charge < -0.3 is 4.74 Å². The lowest BCUT2D eigenvalue weighted by molar-refractivity contribution is 0.215. The first-order valence-corrected chi connectivity index (χ1v) is 8.06. The number of halogens is 2. The number of aryl methyl sites for hydroxylation is 1. The molecule has 2 rings (SSSR count). The zero-order valence-electron chi connectivity index (χ0n) is 11.4. The molecule has 2 aromatic rings. The van der Waals surface area contributed by atoms with Gasteiger partial charge in [-0.05, 0) is 55.1 Å². The first-order chi connectivity index (χ1) is 9.99. The van der Waals surface area contributed by atoms with Crippen molar-refractivity contribution >= 4 is 46.7 Å². The lowest BCUT2D eigenvalue weighted by Crippen LogP contribution is -2.17. The Morgan fingerprint density at radius 1 is 1.19 bits per heavy atom. The van der Waals surface area contributed by atoms with Crippen molar-refractivity contribution in [1.82, 2.24) is 0 Å². The molecule has 0 saturated carbocycles. The smallest absolute Gasteiger partial charge is 0.410 e. The topological polar surface area (TPSA) is 38.3 Å². The van der Waals surface area contributed by atoms with E-state index in [1.807, 2.05) is 25.3 Å². The van der Waals surface area contributed by atoms with Gasteiger partial charge in [-0.1, -0.05) is 23.2 Å². The first-order valence-electron chi connectivity index (χ1n) is 6.08. The Kier molecular flexibility index (Phi) is 5.39. The van der Waals surface area contributed by atoms with Crippen LogP contribution in [-0.2, 0) is 0 Å². The van der Waals surface area contributed by atoms with Gasteiger partial charge in [0.1, 0.15) is 5.75 Å². The standard InChI is InChI=1S/C15H13Cl2NO2S/c1-9-7-11(4-6-14(9)21-2)20-15(19)18-13-5-3-10(16)8-12(13)17/h3-8H,1-2H3,(H,18,19). The van der Waals surface area contributed by atoms with E-state index >= 15 is 0 Å². The van der Waals surface area contributed by atoms with Gasteiger partial charge >= 0.3 is 6.09 Å². The zero-order chi connectivity index (χ0) is 15.4. The van der Waals surface area contributed by atoms with Crippen molar-refractivity contribution in [1.29, 1.82) is 0 Å². The Labute approximate surface area is 137 Å². The van der Waals surface area contributed by atoms with E-state index in [1.54, 1.807) is 36.0 Å². The number of anilines is 1. The van der Waals surface area contributed by atoms with Gasteiger partial charge in [-0.3, -0.25) is 5.32 Å². The number of hydrogen-bond donors (Lipinski definition) is 1. The summed E-state index contributed by atoms with van der Waals surface area (Å²) in [6, 6.07) is 10.3. The van der Waals surface area contributed by atoms with Crippen molar-refractivity contribution in [2.45, 2.75) is 11.8 Å². The highest BCUT2D eigenvalue weighted by molar-refractivity contribution is 7.98. The number of carbonyl (C=O) groups is 1. The lowest BCUT2D eigenvalue weighted by Gasteiger charge is -2.10. The number of hydrogen-bond acceptors (Lipinski definition) is 3. The van der Waals surface area contributed by atoms with Gasteiger partial charge in [0.2, 0.25) is 0 Å². The molecule has 0 aromatic heterocycles. The van der Waals surface area contributed by atoms with E-state index in [1.165, 1.54) is 0 Å². The van der Waals surface area contributed by atoms with Crippen LogP contribution < -0.4 is 10.1 Å². The molecular weight excluding hydrogens is 329 g/mol. The molecule has 1 amide bonds. The quantitative estimate of drug-likeness (QED) is 0.734. The SMILES string of the molecule is CSc1ccc(OC(=O)Nc2ccc(Cl)cc2Cl)cc1C. The van der Waals surface area contributed by atoms with E-state index in [-0.39, 0.29) is 0 Å². The first kappa shape index (κ1) is 16.0. The Morgan fingerprint density at radius 2 is 1.95 bits per heavy atom. The minimum atomic E-state index is -0.601. The lowest BCUT2D eigenvalue weighted by atomic mass is 10.2. The van der Waals surface area contributed by atoms with E-state index in [2.05, 4.69) is 5.32 Å². The molecule has 0 aliphatic rings. The second kappa shape index (κ2) is 7.07. The van der Waals surface area contributed by atoms with Gasteiger partial charge in [0.15, 0.2) is 0 Å². The molecule has 6 heteroatoms. The number of thioether (sulfide) groups is 1. The summed E-state index contributed by atoms with van der Waals surface area (Å²) in [6.45, 7) is 1.96. The number of benzene rings is 2. The third-order valence-corrected chi connectivity index (χ3v) is 4.19. The molecule has 0 saturated heterocycles. The Morgan fingerprint density at radius 3 is 2.57 bits per heavy atom. The average Bonchev–Trinajstić information content (AvgIpc) is 2.42. The summed E-state index contributed by atoms with van der Waals surface area (Å²) in [5, 5.41) is 3.43. The highest BCUT2D eigenvalue weighted by atomic mass is 35.5. The van der Waals surface area contributed by atoms with Gasteiger partial charge in [0.05, 0.1) is 10.7 Å². The molecule has 0 spiro atoms. The highest BCUT2D eigenvalue weighted by Crippen LogP contribution is 2.27. The van der Waals surface area contributed by atoms with Crippen molar-refractivity contribution < 1.29 is 9.53 Å². The summed E-state index contributed by atoms with van der Waals surface area (Å²) in [7, 11) is 0. The fourth-order valence-electron chi connectivity index (χ4n) is 1.75. The monoisotopic (exact) mass is 341 g/mol. The number of rotatable bonds is 3. The van der Waals surface area contributed by atoms with Crippen LogP contribution in [0.5, 0.6) is 5.75 Å². The van der Waals surface area contributed by atoms with Crippen LogP contribution in [0.1, 0.15) is 5.56 Å². The summed E-state index contributed by atoms with van der Waals surface area (Å²) in [4.78, 5) is 13.0. The van der Waals surface area contributed by atoms with Crippen LogP contribution in [-0.4, -0.2) is 12.3 Å². The van der Waals surface area contributed by atoms with Crippen LogP contribution >= 0.6 is 35.0 Å². The van der Waals surface area contributed by atoms with E-state index in [9.17, 15) is 4.79 Å². The van der Waals surface area contributed by atoms with Gasteiger partial charge in [0.25, 0.3) is 0 Å². The van der Waals surface area contributed by atoms with Crippen molar-refractivity contribution in [3.8, 4) is 5.75 Å². The second-order valence-electron chi connectivity index (χ2n) is 4.27. The molecule has 0 unspecified atom stereocenters. The molecule has 0 atom stereocenters. The predicted octanol–water partition coefficient (Wildman–Crippen LogP) is 5.63. The molecule has 0 heterocycles. The van der Waals surface area contributed by atoms with Gasteiger partial charge in [-0.25, -0.2) is 4.79 Å². The molecular formula is C15H13Cl2NO2S. The molecule has 2 aromatic carbocycles. The Hall–Kier alpha value is -1.36. The molecule has 1 N–H and O–H groups in total. The number of nitrogens with one attached hydrogen (secondary N) is 1. The number of ether oxygens (including phenoxy) is 1. The van der Waals surface area contributed by atoms with Crippen molar-refractivity contribution in [3.63, 3.8) is 0 Å². The van der Waals surface area contributed by atoms with E-state index < -0.39 is 6.09 Å². The van der Waals surface area contributed by atoms with Gasteiger partial charge in [-0.2, -0.15) is 0 Å². The van der Waals surface area contributed by atoms with Crippen LogP contribution in [0.3, 0.4) is 0 Å². The summed E-state index contributed by atoms with van der Waals surface area (Å²) in [5.41, 5.74) is 1.50. The molecule has 0 bridgehead atoms. The van der Waals surface area contributed by atoms with E-state index in [4.69, 9.17) is 27.9 Å². The second-order valence-corrected chi connectivity index (χ2v) is 5.96. The third kappa shape index (κ3) is 4.30. The molecule has 21 heavy (non-hydrogen) atoms. The van der Waals surface area contributed by atoms with Crippen LogP contribution in [0.2, 0.25) is 10.0 Å². The fourth-order valence-corrected chi connectivity index (χ4v) is 2.79. The minimum absolute atomic E-state index is 0.355. The minimum Gasteiger partial charge on any atom is -0.410 e. The van der Waals surface area contributed by atoms with Crippen LogP contribution in [0.15, 0.2) is 41.3 Å². The summed E-state index contributed by atoms with van der Waals surface area (Å²) in [5.74, 6) is 0.480. The molecule has 0 aliphatic heterocycles. The summed E-state index contributed by atoms with van der Waals surface area (Å²) in [6.07, 6.45) is 1.40. The molecule has 0 fully saturated rings. The fraction of sp³-hybridized carbons (Fsp3) is 0.133. The van der Waals surface area contributed by atoms with Gasteiger partial charge in [-0.15, -0.1) is 11.8 Å². The summed E-state index contributed by atoms with van der Waals surface area (Å²) < 4.78 is 5.23.